The highest BCUT2D eigenvalue weighted by Gasteiger charge is 2.37. The second-order valence-corrected chi connectivity index (χ2v) is 5.30. The largest absolute Gasteiger partial charge is 0.348 e. The van der Waals surface area contributed by atoms with Gasteiger partial charge in [0.15, 0.2) is 5.82 Å². The number of hydrogen-bond donors (Lipinski definition) is 2. The fraction of sp³-hybridized carbons (Fsp3) is 0.750. The Hall–Kier alpha value is -1.43. The van der Waals surface area contributed by atoms with E-state index in [1.807, 2.05) is 13.8 Å². The lowest BCUT2D eigenvalue weighted by molar-refractivity contribution is -0.132. The Bertz CT molecular complexity index is 383. The van der Waals surface area contributed by atoms with E-state index >= 15 is 0 Å². The average Bonchev–Trinajstić information content (AvgIpc) is 2.90. The maximum absolute atomic E-state index is 12.2. The lowest BCUT2D eigenvalue weighted by Crippen LogP contribution is -2.47. The highest BCUT2D eigenvalue weighted by atomic mass is 16.5. The number of nitrogens with one attached hydrogen (secondary N) is 2. The molecule has 1 aromatic heterocycles. The van der Waals surface area contributed by atoms with Crippen molar-refractivity contribution in [1.82, 2.24) is 20.8 Å². The minimum absolute atomic E-state index is 0.0426. The van der Waals surface area contributed by atoms with Gasteiger partial charge in [-0.05, 0) is 31.8 Å². The lowest BCUT2D eigenvalue weighted by Gasteiger charge is -2.35. The predicted molar refractivity (Wildman–Crippen MR) is 65.5 cm³/mol. The SMILES string of the molecule is CC(C)(C(=O)NCc1ncon1)C1CCCNC1. The van der Waals surface area contributed by atoms with Crippen molar-refractivity contribution in [3.05, 3.63) is 12.2 Å². The van der Waals surface area contributed by atoms with Crippen molar-refractivity contribution in [2.75, 3.05) is 13.1 Å². The Morgan fingerprint density at radius 1 is 1.67 bits per heavy atom. The average molecular weight is 252 g/mol. The molecule has 6 heteroatoms. The summed E-state index contributed by atoms with van der Waals surface area (Å²) >= 11 is 0. The molecular formula is C12H20N4O2. The van der Waals surface area contributed by atoms with E-state index in [1.165, 1.54) is 6.39 Å². The highest BCUT2D eigenvalue weighted by molar-refractivity contribution is 5.82. The number of amides is 1. The van der Waals surface area contributed by atoms with Crippen molar-refractivity contribution in [1.29, 1.82) is 0 Å². The van der Waals surface area contributed by atoms with Crippen molar-refractivity contribution >= 4 is 5.91 Å². The molecule has 1 fully saturated rings. The van der Waals surface area contributed by atoms with Crippen LogP contribution >= 0.6 is 0 Å². The van der Waals surface area contributed by atoms with Crippen LogP contribution in [0.5, 0.6) is 0 Å². The fourth-order valence-electron chi connectivity index (χ4n) is 2.31. The van der Waals surface area contributed by atoms with Gasteiger partial charge in [0.25, 0.3) is 0 Å². The van der Waals surface area contributed by atoms with Crippen LogP contribution in [-0.4, -0.2) is 29.1 Å². The predicted octanol–water partition coefficient (Wildman–Crippen LogP) is 0.712. The van der Waals surface area contributed by atoms with E-state index in [1.54, 1.807) is 0 Å². The van der Waals surface area contributed by atoms with Gasteiger partial charge in [0, 0.05) is 5.41 Å². The molecule has 1 unspecified atom stereocenters. The van der Waals surface area contributed by atoms with Crippen LogP contribution < -0.4 is 10.6 Å². The van der Waals surface area contributed by atoms with Crippen LogP contribution in [0.4, 0.5) is 0 Å². The first-order valence-corrected chi connectivity index (χ1v) is 6.35. The molecule has 1 aromatic rings. The minimum Gasteiger partial charge on any atom is -0.348 e. The van der Waals surface area contributed by atoms with Crippen LogP contribution in [0.1, 0.15) is 32.5 Å². The smallest absolute Gasteiger partial charge is 0.226 e. The third kappa shape index (κ3) is 2.87. The number of piperidine rings is 1. The van der Waals surface area contributed by atoms with Crippen LogP contribution in [0.2, 0.25) is 0 Å². The summed E-state index contributed by atoms with van der Waals surface area (Å²) in [6.07, 6.45) is 3.49. The zero-order valence-corrected chi connectivity index (χ0v) is 10.9. The number of aromatic nitrogens is 2. The zero-order chi connectivity index (χ0) is 13.0. The first-order chi connectivity index (χ1) is 8.60. The van der Waals surface area contributed by atoms with E-state index < -0.39 is 0 Å². The standard InChI is InChI=1S/C12H20N4O2/c1-12(2,9-4-3-5-13-6-9)11(17)14-7-10-15-8-18-16-10/h8-9,13H,3-7H2,1-2H3,(H,14,17). The van der Waals surface area contributed by atoms with Crippen molar-refractivity contribution in [2.45, 2.75) is 33.2 Å². The van der Waals surface area contributed by atoms with Crippen molar-refractivity contribution in [3.8, 4) is 0 Å². The zero-order valence-electron chi connectivity index (χ0n) is 10.9. The molecule has 0 aromatic carbocycles. The van der Waals surface area contributed by atoms with Gasteiger partial charge in [-0.3, -0.25) is 4.79 Å². The van der Waals surface area contributed by atoms with Crippen LogP contribution in [0.15, 0.2) is 10.9 Å². The van der Waals surface area contributed by atoms with Crippen LogP contribution in [0.3, 0.4) is 0 Å². The van der Waals surface area contributed by atoms with Gasteiger partial charge < -0.3 is 15.2 Å². The minimum atomic E-state index is -0.378. The molecule has 1 aliphatic heterocycles. The molecule has 1 atom stereocenters. The van der Waals surface area contributed by atoms with Gasteiger partial charge in [-0.2, -0.15) is 4.98 Å². The molecule has 0 radical (unpaired) electrons. The Morgan fingerprint density at radius 2 is 2.50 bits per heavy atom. The monoisotopic (exact) mass is 252 g/mol. The van der Waals surface area contributed by atoms with E-state index in [-0.39, 0.29) is 11.3 Å². The Morgan fingerprint density at radius 3 is 3.11 bits per heavy atom. The number of carbonyl (C=O) groups excluding carboxylic acids is 1. The normalized spacial score (nSPS) is 20.7. The second-order valence-electron chi connectivity index (χ2n) is 5.30. The van der Waals surface area contributed by atoms with Crippen molar-refractivity contribution in [3.63, 3.8) is 0 Å². The summed E-state index contributed by atoms with van der Waals surface area (Å²) in [5, 5.41) is 9.89. The van der Waals surface area contributed by atoms with Crippen LogP contribution in [-0.2, 0) is 11.3 Å². The number of rotatable bonds is 4. The lowest BCUT2D eigenvalue weighted by atomic mass is 9.74. The fourth-order valence-corrected chi connectivity index (χ4v) is 2.31. The molecular weight excluding hydrogens is 232 g/mol. The van der Waals surface area contributed by atoms with Gasteiger partial charge in [0.2, 0.25) is 12.3 Å². The van der Waals surface area contributed by atoms with E-state index in [2.05, 4.69) is 25.3 Å². The molecule has 0 spiro atoms. The molecule has 0 aliphatic carbocycles. The van der Waals surface area contributed by atoms with E-state index in [4.69, 9.17) is 0 Å². The molecule has 1 saturated heterocycles. The Balaban J connectivity index is 1.89. The Kier molecular flexibility index (Phi) is 3.96. The molecule has 2 heterocycles. The third-order valence-electron chi connectivity index (χ3n) is 3.72. The summed E-state index contributed by atoms with van der Waals surface area (Å²) < 4.78 is 4.63. The Labute approximate surface area is 107 Å². The highest BCUT2D eigenvalue weighted by Crippen LogP contribution is 2.31. The molecule has 2 rings (SSSR count). The summed E-state index contributed by atoms with van der Waals surface area (Å²) in [6.45, 7) is 6.27. The van der Waals surface area contributed by atoms with Crippen molar-refractivity contribution < 1.29 is 9.32 Å². The van der Waals surface area contributed by atoms with E-state index in [9.17, 15) is 4.79 Å². The van der Waals surface area contributed by atoms with Gasteiger partial charge in [0.1, 0.15) is 0 Å². The van der Waals surface area contributed by atoms with Crippen LogP contribution in [0, 0.1) is 11.3 Å². The van der Waals surface area contributed by atoms with Gasteiger partial charge in [-0.1, -0.05) is 19.0 Å². The summed E-state index contributed by atoms with van der Waals surface area (Å²) in [6, 6.07) is 0. The summed E-state index contributed by atoms with van der Waals surface area (Å²) in [5.41, 5.74) is -0.378. The van der Waals surface area contributed by atoms with Crippen molar-refractivity contribution in [2.24, 2.45) is 11.3 Å². The molecule has 1 aliphatic rings. The summed E-state index contributed by atoms with van der Waals surface area (Å²) in [4.78, 5) is 16.1. The van der Waals surface area contributed by atoms with Gasteiger partial charge in [-0.25, -0.2) is 0 Å². The molecule has 1 amide bonds. The first kappa shape index (κ1) is 13.0. The first-order valence-electron chi connectivity index (χ1n) is 6.35. The second kappa shape index (κ2) is 5.48. The quantitative estimate of drug-likeness (QED) is 0.825. The molecule has 6 nitrogen and oxygen atoms in total. The molecule has 18 heavy (non-hydrogen) atoms. The van der Waals surface area contributed by atoms with Gasteiger partial charge in [0.05, 0.1) is 6.54 Å². The maximum Gasteiger partial charge on any atom is 0.226 e. The summed E-state index contributed by atoms with van der Waals surface area (Å²) in [5.74, 6) is 0.915. The third-order valence-corrected chi connectivity index (χ3v) is 3.72. The van der Waals surface area contributed by atoms with Gasteiger partial charge in [-0.15, -0.1) is 0 Å². The molecule has 0 saturated carbocycles. The summed E-state index contributed by atoms with van der Waals surface area (Å²) in [7, 11) is 0. The van der Waals surface area contributed by atoms with Crippen LogP contribution in [0.25, 0.3) is 0 Å². The van der Waals surface area contributed by atoms with E-state index in [0.717, 1.165) is 25.9 Å². The number of carbonyl (C=O) groups is 1. The number of nitrogens with zero attached hydrogens (tertiary/aromatic N) is 2. The number of hydrogen-bond acceptors (Lipinski definition) is 5. The van der Waals surface area contributed by atoms with Gasteiger partial charge >= 0.3 is 0 Å². The molecule has 2 N–H and O–H groups in total. The molecule has 100 valence electrons. The topological polar surface area (TPSA) is 80.1 Å². The van der Waals surface area contributed by atoms with E-state index in [0.29, 0.717) is 18.3 Å². The maximum atomic E-state index is 12.2. The molecule has 0 bridgehead atoms.